The quantitative estimate of drug-likeness (QED) is 0.767. The summed E-state index contributed by atoms with van der Waals surface area (Å²) in [5, 5.41) is 3.80. The predicted molar refractivity (Wildman–Crippen MR) is 97.2 cm³/mol. The zero-order chi connectivity index (χ0) is 17.8. The van der Waals surface area contributed by atoms with Crippen molar-refractivity contribution in [2.45, 2.75) is 101 Å². The molecule has 22 heavy (non-hydrogen) atoms. The molecular weight excluding hydrogens is 270 g/mol. The van der Waals surface area contributed by atoms with Gasteiger partial charge in [0.15, 0.2) is 0 Å². The van der Waals surface area contributed by atoms with E-state index in [1.807, 2.05) is 0 Å². The lowest BCUT2D eigenvalue weighted by Crippen LogP contribution is -2.72. The molecule has 0 aromatic carbocycles. The Bertz CT molecular complexity index is 370. The first-order chi connectivity index (χ1) is 9.53. The van der Waals surface area contributed by atoms with Crippen molar-refractivity contribution in [3.63, 3.8) is 0 Å². The molecule has 1 N–H and O–H groups in total. The molecule has 0 atom stereocenters. The molecule has 0 bridgehead atoms. The van der Waals surface area contributed by atoms with Crippen molar-refractivity contribution in [3.05, 3.63) is 0 Å². The second kappa shape index (κ2) is 5.48. The van der Waals surface area contributed by atoms with Gasteiger partial charge >= 0.3 is 0 Å². The Balaban J connectivity index is 3.48. The Kier molecular flexibility index (Phi) is 4.97. The Labute approximate surface area is 139 Å². The van der Waals surface area contributed by atoms with Gasteiger partial charge in [-0.15, -0.1) is 0 Å². The van der Waals surface area contributed by atoms with Gasteiger partial charge in [-0.25, -0.2) is 0 Å². The van der Waals surface area contributed by atoms with E-state index in [0.29, 0.717) is 6.04 Å². The summed E-state index contributed by atoms with van der Waals surface area (Å²) in [6, 6.07) is 0.454. The molecule has 0 saturated heterocycles. The van der Waals surface area contributed by atoms with Gasteiger partial charge in [0.25, 0.3) is 0 Å². The third kappa shape index (κ3) is 2.86. The molecule has 1 aliphatic rings. The van der Waals surface area contributed by atoms with Crippen molar-refractivity contribution in [1.29, 1.82) is 0 Å². The lowest BCUT2D eigenvalue weighted by atomic mass is 9.41. The lowest BCUT2D eigenvalue weighted by Gasteiger charge is -2.68. The highest BCUT2D eigenvalue weighted by atomic mass is 16.5. The lowest BCUT2D eigenvalue weighted by molar-refractivity contribution is -0.262. The molecule has 0 radical (unpaired) electrons. The summed E-state index contributed by atoms with van der Waals surface area (Å²) in [5.74, 6) is 0. The first-order valence-electron chi connectivity index (χ1n) is 8.94. The van der Waals surface area contributed by atoms with Crippen LogP contribution in [0.15, 0.2) is 0 Å². The molecular formula is C20H41NO. The number of rotatable bonds is 3. The fourth-order valence-corrected chi connectivity index (χ4v) is 4.59. The summed E-state index contributed by atoms with van der Waals surface area (Å²) >= 11 is 0. The minimum absolute atomic E-state index is 0.0755. The molecule has 132 valence electrons. The second-order valence-electron chi connectivity index (χ2n) is 10.5. The molecule has 0 aromatic rings. The average Bonchev–Trinajstić information content (AvgIpc) is 2.29. The molecule has 0 unspecified atom stereocenters. The third-order valence-electron chi connectivity index (χ3n) is 6.96. The van der Waals surface area contributed by atoms with Gasteiger partial charge in [-0.1, -0.05) is 62.3 Å². The van der Waals surface area contributed by atoms with Gasteiger partial charge in [0.05, 0.1) is 11.7 Å². The smallest absolute Gasteiger partial charge is 0.0695 e. The molecule has 1 rings (SSSR count). The van der Waals surface area contributed by atoms with Crippen molar-refractivity contribution in [1.82, 2.24) is 5.32 Å². The maximum Gasteiger partial charge on any atom is 0.0695 e. The van der Waals surface area contributed by atoms with Crippen molar-refractivity contribution in [2.75, 3.05) is 6.54 Å². The Morgan fingerprint density at radius 2 is 1.14 bits per heavy atom. The van der Waals surface area contributed by atoms with Crippen LogP contribution < -0.4 is 5.32 Å². The fourth-order valence-electron chi connectivity index (χ4n) is 4.59. The second-order valence-corrected chi connectivity index (χ2v) is 10.5. The number of nitrogens with one attached hydrogen (secondary N) is 1. The van der Waals surface area contributed by atoms with Crippen molar-refractivity contribution >= 4 is 0 Å². The molecule has 0 aromatic heterocycles. The molecule has 1 saturated carbocycles. The summed E-state index contributed by atoms with van der Waals surface area (Å²) in [5.41, 5.74) is 0.296. The van der Waals surface area contributed by atoms with Crippen LogP contribution in [-0.2, 0) is 4.74 Å². The summed E-state index contributed by atoms with van der Waals surface area (Å²) in [6.07, 6.45) is 0.208. The third-order valence-corrected chi connectivity index (χ3v) is 6.96. The van der Waals surface area contributed by atoms with E-state index < -0.39 is 0 Å². The Hall–Kier alpha value is -0.0800. The van der Waals surface area contributed by atoms with Crippen LogP contribution in [0, 0.1) is 21.7 Å². The van der Waals surface area contributed by atoms with Crippen LogP contribution in [-0.4, -0.2) is 24.3 Å². The van der Waals surface area contributed by atoms with E-state index in [4.69, 9.17) is 4.74 Å². The Morgan fingerprint density at radius 1 is 0.773 bits per heavy atom. The van der Waals surface area contributed by atoms with Crippen LogP contribution in [0.3, 0.4) is 0 Å². The minimum Gasteiger partial charge on any atom is -0.371 e. The van der Waals surface area contributed by atoms with E-state index >= 15 is 0 Å². The number of hydrogen-bond acceptors (Lipinski definition) is 2. The van der Waals surface area contributed by atoms with Crippen LogP contribution in [0.4, 0.5) is 0 Å². The van der Waals surface area contributed by atoms with Crippen LogP contribution in [0.1, 0.15) is 83.1 Å². The van der Waals surface area contributed by atoms with Crippen molar-refractivity contribution in [3.8, 4) is 0 Å². The molecule has 1 fully saturated rings. The van der Waals surface area contributed by atoms with E-state index in [9.17, 15) is 0 Å². The highest BCUT2D eigenvalue weighted by Gasteiger charge is 2.66. The van der Waals surface area contributed by atoms with Gasteiger partial charge in [0, 0.05) is 6.04 Å². The monoisotopic (exact) mass is 311 g/mol. The first-order valence-corrected chi connectivity index (χ1v) is 8.94. The topological polar surface area (TPSA) is 21.3 Å². The summed E-state index contributed by atoms with van der Waals surface area (Å²) in [4.78, 5) is 0. The largest absolute Gasteiger partial charge is 0.371 e. The first kappa shape index (κ1) is 20.0. The van der Waals surface area contributed by atoms with Crippen molar-refractivity contribution in [2.24, 2.45) is 21.7 Å². The molecule has 0 aliphatic heterocycles. The van der Waals surface area contributed by atoms with E-state index in [0.717, 1.165) is 6.54 Å². The van der Waals surface area contributed by atoms with Gasteiger partial charge in [-0.2, -0.15) is 0 Å². The molecule has 1 aliphatic carbocycles. The summed E-state index contributed by atoms with van der Waals surface area (Å²) < 4.78 is 6.68. The van der Waals surface area contributed by atoms with Gasteiger partial charge in [-0.05, 0) is 49.0 Å². The van der Waals surface area contributed by atoms with Crippen LogP contribution in [0.25, 0.3) is 0 Å². The summed E-state index contributed by atoms with van der Waals surface area (Å²) in [7, 11) is 0. The highest BCUT2D eigenvalue weighted by molar-refractivity contribution is 5.17. The maximum absolute atomic E-state index is 6.68. The fraction of sp³-hybridized carbons (Fsp3) is 1.00. The van der Waals surface area contributed by atoms with Gasteiger partial charge in [0.1, 0.15) is 0 Å². The molecule has 0 heterocycles. The number of hydrogen-bond donors (Lipinski definition) is 1. The van der Waals surface area contributed by atoms with E-state index in [1.165, 1.54) is 0 Å². The van der Waals surface area contributed by atoms with Gasteiger partial charge < -0.3 is 10.1 Å². The van der Waals surface area contributed by atoms with Crippen molar-refractivity contribution < 1.29 is 4.74 Å². The normalized spacial score (nSPS) is 32.7. The van der Waals surface area contributed by atoms with Crippen LogP contribution >= 0.6 is 0 Å². The van der Waals surface area contributed by atoms with E-state index in [2.05, 4.69) is 88.4 Å². The molecule has 0 amide bonds. The molecule has 0 spiro atoms. The standard InChI is InChI=1S/C20H41NO/c1-13-21-14-17(5,6)19(9,10)15(22-16(2,3)4)20(11,12)18(14,7)8/h14-15,21H,13H2,1-12H3/t14-,15+. The zero-order valence-corrected chi connectivity index (χ0v) is 17.3. The SMILES string of the molecule is CCN[C@H]1C(C)(C)C(C)(C)[C@@H](OC(C)(C)C)C(C)(C)C1(C)C. The van der Waals surface area contributed by atoms with Crippen LogP contribution in [0.2, 0.25) is 0 Å². The van der Waals surface area contributed by atoms with Crippen LogP contribution in [0.5, 0.6) is 0 Å². The van der Waals surface area contributed by atoms with E-state index in [1.54, 1.807) is 0 Å². The van der Waals surface area contributed by atoms with E-state index in [-0.39, 0.29) is 33.4 Å². The number of ether oxygens (including phenoxy) is 1. The van der Waals surface area contributed by atoms with Gasteiger partial charge in [0.2, 0.25) is 0 Å². The minimum atomic E-state index is -0.129. The predicted octanol–water partition coefficient (Wildman–Crippen LogP) is 5.27. The average molecular weight is 312 g/mol. The highest BCUT2D eigenvalue weighted by Crippen LogP contribution is 2.64. The zero-order valence-electron chi connectivity index (χ0n) is 17.3. The van der Waals surface area contributed by atoms with Gasteiger partial charge in [-0.3, -0.25) is 0 Å². The maximum atomic E-state index is 6.68. The summed E-state index contributed by atoms with van der Waals surface area (Å²) in [6.45, 7) is 29.0. The Morgan fingerprint density at radius 3 is 1.41 bits per heavy atom. The molecule has 2 nitrogen and oxygen atoms in total. The molecule has 2 heteroatoms.